The highest BCUT2D eigenvalue weighted by Gasteiger charge is 2.18. The number of ether oxygens (including phenoxy) is 1. The number of rotatable bonds is 7. The smallest absolute Gasteiger partial charge is 0.303 e. The number of carboxylic acid groups (broad SMARTS) is 1. The molecule has 1 aromatic carbocycles. The van der Waals surface area contributed by atoms with E-state index in [1.165, 1.54) is 11.4 Å². The maximum atomic E-state index is 10.5. The van der Waals surface area contributed by atoms with Crippen LogP contribution in [0.1, 0.15) is 18.4 Å². The lowest BCUT2D eigenvalue weighted by Crippen LogP contribution is -2.46. The Morgan fingerprint density at radius 2 is 1.73 bits per heavy atom. The number of pyridine rings is 1. The molecule has 6 heteroatoms. The minimum atomic E-state index is -0.786. The zero-order valence-corrected chi connectivity index (χ0v) is 15.1. The SMILES string of the molecule is Cc1cc(N2CCN(c3ccncc3)CC2)ccc1OCCCC(=O)O. The van der Waals surface area contributed by atoms with Gasteiger partial charge in [-0.05, 0) is 49.2 Å². The molecule has 1 aliphatic heterocycles. The van der Waals surface area contributed by atoms with E-state index in [9.17, 15) is 4.79 Å². The lowest BCUT2D eigenvalue weighted by atomic mass is 10.1. The van der Waals surface area contributed by atoms with Gasteiger partial charge in [-0.1, -0.05) is 0 Å². The highest BCUT2D eigenvalue weighted by atomic mass is 16.5. The molecular formula is C20H25N3O3. The normalized spacial score (nSPS) is 14.3. The molecule has 1 aromatic heterocycles. The first-order valence-corrected chi connectivity index (χ1v) is 8.98. The molecule has 26 heavy (non-hydrogen) atoms. The number of hydrogen-bond acceptors (Lipinski definition) is 5. The molecule has 1 fully saturated rings. The van der Waals surface area contributed by atoms with Crippen LogP contribution in [0, 0.1) is 6.92 Å². The van der Waals surface area contributed by atoms with Gasteiger partial charge in [0.1, 0.15) is 5.75 Å². The minimum absolute atomic E-state index is 0.138. The molecule has 0 unspecified atom stereocenters. The maximum absolute atomic E-state index is 10.5. The number of nitrogens with zero attached hydrogens (tertiary/aromatic N) is 3. The molecular weight excluding hydrogens is 330 g/mol. The zero-order valence-electron chi connectivity index (χ0n) is 15.1. The van der Waals surface area contributed by atoms with Gasteiger partial charge in [0.05, 0.1) is 6.61 Å². The summed E-state index contributed by atoms with van der Waals surface area (Å²) in [7, 11) is 0. The van der Waals surface area contributed by atoms with Crippen LogP contribution in [0.4, 0.5) is 11.4 Å². The number of aliphatic carboxylic acids is 1. The van der Waals surface area contributed by atoms with Gasteiger partial charge in [-0.15, -0.1) is 0 Å². The number of benzene rings is 1. The van der Waals surface area contributed by atoms with Crippen LogP contribution in [-0.4, -0.2) is 48.8 Å². The first-order chi connectivity index (χ1) is 12.6. The Kier molecular flexibility index (Phi) is 5.94. The molecule has 1 aliphatic rings. The fraction of sp³-hybridized carbons (Fsp3) is 0.400. The van der Waals surface area contributed by atoms with Crippen LogP contribution < -0.4 is 14.5 Å². The Balaban J connectivity index is 1.54. The summed E-state index contributed by atoms with van der Waals surface area (Å²) in [4.78, 5) is 19.4. The van der Waals surface area contributed by atoms with Crippen molar-refractivity contribution in [2.75, 3.05) is 42.6 Å². The van der Waals surface area contributed by atoms with Crippen molar-refractivity contribution in [3.8, 4) is 5.75 Å². The van der Waals surface area contributed by atoms with Crippen molar-refractivity contribution >= 4 is 17.3 Å². The highest BCUT2D eigenvalue weighted by Crippen LogP contribution is 2.26. The lowest BCUT2D eigenvalue weighted by molar-refractivity contribution is -0.137. The summed E-state index contributed by atoms with van der Waals surface area (Å²) in [5, 5.41) is 8.67. The number of aromatic nitrogens is 1. The monoisotopic (exact) mass is 355 g/mol. The van der Waals surface area contributed by atoms with E-state index in [2.05, 4.69) is 39.0 Å². The molecule has 0 bridgehead atoms. The number of anilines is 2. The van der Waals surface area contributed by atoms with Crippen molar-refractivity contribution in [3.05, 3.63) is 48.3 Å². The summed E-state index contributed by atoms with van der Waals surface area (Å²) in [6.45, 7) is 6.37. The van der Waals surface area contributed by atoms with Gasteiger partial charge in [0.2, 0.25) is 0 Å². The average Bonchev–Trinajstić information content (AvgIpc) is 2.67. The molecule has 6 nitrogen and oxygen atoms in total. The van der Waals surface area contributed by atoms with E-state index in [4.69, 9.17) is 9.84 Å². The van der Waals surface area contributed by atoms with Gasteiger partial charge >= 0.3 is 5.97 Å². The van der Waals surface area contributed by atoms with Crippen LogP contribution in [-0.2, 0) is 4.79 Å². The van der Waals surface area contributed by atoms with E-state index in [1.807, 2.05) is 25.4 Å². The molecule has 0 amide bonds. The van der Waals surface area contributed by atoms with Crippen LogP contribution in [0.25, 0.3) is 0 Å². The lowest BCUT2D eigenvalue weighted by Gasteiger charge is -2.37. The molecule has 0 aliphatic carbocycles. The van der Waals surface area contributed by atoms with E-state index in [-0.39, 0.29) is 6.42 Å². The second-order valence-corrected chi connectivity index (χ2v) is 6.48. The van der Waals surface area contributed by atoms with E-state index in [0.29, 0.717) is 13.0 Å². The summed E-state index contributed by atoms with van der Waals surface area (Å²) in [5.74, 6) is 0.0427. The van der Waals surface area contributed by atoms with Crippen molar-refractivity contribution in [1.29, 1.82) is 0 Å². The van der Waals surface area contributed by atoms with Crippen LogP contribution in [0.15, 0.2) is 42.7 Å². The average molecular weight is 355 g/mol. The Hall–Kier alpha value is -2.76. The third kappa shape index (κ3) is 4.65. The molecule has 138 valence electrons. The Morgan fingerprint density at radius 1 is 1.08 bits per heavy atom. The highest BCUT2D eigenvalue weighted by molar-refractivity contribution is 5.66. The van der Waals surface area contributed by atoms with E-state index in [1.54, 1.807) is 0 Å². The number of carbonyl (C=O) groups is 1. The van der Waals surface area contributed by atoms with Gasteiger partial charge in [-0.3, -0.25) is 9.78 Å². The predicted molar refractivity (Wildman–Crippen MR) is 102 cm³/mol. The summed E-state index contributed by atoms with van der Waals surface area (Å²) in [6.07, 6.45) is 4.33. The van der Waals surface area contributed by atoms with Crippen molar-refractivity contribution in [1.82, 2.24) is 4.98 Å². The molecule has 2 heterocycles. The fourth-order valence-electron chi connectivity index (χ4n) is 3.18. The quantitative estimate of drug-likeness (QED) is 0.771. The van der Waals surface area contributed by atoms with Gasteiger partial charge in [0, 0.05) is 56.4 Å². The fourth-order valence-corrected chi connectivity index (χ4v) is 3.18. The van der Waals surface area contributed by atoms with Crippen molar-refractivity contribution in [2.24, 2.45) is 0 Å². The molecule has 1 saturated heterocycles. The largest absolute Gasteiger partial charge is 0.493 e. The summed E-state index contributed by atoms with van der Waals surface area (Å²) in [6, 6.07) is 10.3. The van der Waals surface area contributed by atoms with Gasteiger partial charge in [-0.2, -0.15) is 0 Å². The van der Waals surface area contributed by atoms with Gasteiger partial charge in [0.25, 0.3) is 0 Å². The second-order valence-electron chi connectivity index (χ2n) is 6.48. The van der Waals surface area contributed by atoms with Gasteiger partial charge < -0.3 is 19.6 Å². The van der Waals surface area contributed by atoms with Crippen LogP contribution in [0.2, 0.25) is 0 Å². The Labute approximate surface area is 154 Å². The number of piperazine rings is 1. The third-order valence-corrected chi connectivity index (χ3v) is 4.62. The Bertz CT molecular complexity index is 728. The summed E-state index contributed by atoms with van der Waals surface area (Å²) in [5.41, 5.74) is 3.50. The molecule has 1 N–H and O–H groups in total. The first kappa shape index (κ1) is 18.0. The van der Waals surface area contributed by atoms with Crippen LogP contribution >= 0.6 is 0 Å². The van der Waals surface area contributed by atoms with Crippen molar-refractivity contribution < 1.29 is 14.6 Å². The molecule has 3 rings (SSSR count). The third-order valence-electron chi connectivity index (χ3n) is 4.62. The number of hydrogen-bond donors (Lipinski definition) is 1. The zero-order chi connectivity index (χ0) is 18.4. The maximum Gasteiger partial charge on any atom is 0.303 e. The Morgan fingerprint density at radius 3 is 2.35 bits per heavy atom. The van der Waals surface area contributed by atoms with Gasteiger partial charge in [0.15, 0.2) is 0 Å². The number of carboxylic acids is 1. The second kappa shape index (κ2) is 8.56. The van der Waals surface area contributed by atoms with Crippen molar-refractivity contribution in [3.63, 3.8) is 0 Å². The van der Waals surface area contributed by atoms with Gasteiger partial charge in [-0.25, -0.2) is 0 Å². The summed E-state index contributed by atoms with van der Waals surface area (Å²) < 4.78 is 5.71. The molecule has 0 saturated carbocycles. The molecule has 0 spiro atoms. The molecule has 2 aromatic rings. The van der Waals surface area contributed by atoms with Crippen molar-refractivity contribution in [2.45, 2.75) is 19.8 Å². The molecule has 0 atom stereocenters. The van der Waals surface area contributed by atoms with E-state index >= 15 is 0 Å². The van der Waals surface area contributed by atoms with E-state index in [0.717, 1.165) is 37.5 Å². The standard InChI is InChI=1S/C20H25N3O3/c1-16-15-18(4-5-19(16)26-14-2-3-20(24)25)23-12-10-22(11-13-23)17-6-8-21-9-7-17/h4-9,15H,2-3,10-14H2,1H3,(H,24,25). The van der Waals surface area contributed by atoms with Crippen LogP contribution in [0.3, 0.4) is 0 Å². The van der Waals surface area contributed by atoms with E-state index < -0.39 is 5.97 Å². The first-order valence-electron chi connectivity index (χ1n) is 8.98. The summed E-state index contributed by atoms with van der Waals surface area (Å²) >= 11 is 0. The molecule has 0 radical (unpaired) electrons. The predicted octanol–water partition coefficient (Wildman–Crippen LogP) is 2.96. The topological polar surface area (TPSA) is 65.9 Å². The number of aryl methyl sites for hydroxylation is 1. The minimum Gasteiger partial charge on any atom is -0.493 e. The van der Waals surface area contributed by atoms with Crippen LogP contribution in [0.5, 0.6) is 5.75 Å².